The highest BCUT2D eigenvalue weighted by Crippen LogP contribution is 1.84. The Labute approximate surface area is 54.6 Å². The lowest BCUT2D eigenvalue weighted by Gasteiger charge is -1.24. The van der Waals surface area contributed by atoms with Crippen molar-refractivity contribution in [3.8, 4) is 0 Å². The van der Waals surface area contributed by atoms with Gasteiger partial charge in [-0.15, -0.1) is 17.0 Å². The van der Waals surface area contributed by atoms with Gasteiger partial charge in [0.05, 0.1) is 13.2 Å². The van der Waals surface area contributed by atoms with Crippen LogP contribution in [0.4, 0.5) is 0 Å². The third kappa shape index (κ3) is 65.4. The van der Waals surface area contributed by atoms with Crippen LogP contribution in [-0.2, 0) is 4.74 Å². The molecule has 1 fully saturated rings. The van der Waals surface area contributed by atoms with Gasteiger partial charge in [-0.05, 0) is 7.05 Å². The topological polar surface area (TPSA) is 73.5 Å². The van der Waals surface area contributed by atoms with Crippen LogP contribution in [0.25, 0.3) is 0 Å². The molecule has 1 saturated heterocycles. The lowest BCUT2D eigenvalue weighted by atomic mass is 11.0. The van der Waals surface area contributed by atoms with E-state index in [1.807, 2.05) is 0 Å². The van der Waals surface area contributed by atoms with Gasteiger partial charge in [0.25, 0.3) is 0 Å². The fourth-order valence-electron chi connectivity index (χ4n) is 0. The zero-order chi connectivity index (χ0) is 4.12. The van der Waals surface area contributed by atoms with Crippen LogP contribution in [0.2, 0.25) is 0 Å². The fourth-order valence-corrected chi connectivity index (χ4v) is 0. The van der Waals surface area contributed by atoms with E-state index in [1.165, 1.54) is 7.05 Å². The lowest BCUT2D eigenvalue weighted by Crippen LogP contribution is -1.69. The first-order valence-electron chi connectivity index (χ1n) is 1.65. The summed E-state index contributed by atoms with van der Waals surface area (Å²) < 4.78 is 4.50. The Balaban J connectivity index is -0.0000000380. The molecule has 1 rings (SSSR count). The molecule has 0 aromatic heterocycles. The number of hydrogen-bond donors (Lipinski definition) is 2. The van der Waals surface area contributed by atoms with Crippen molar-refractivity contribution < 1.29 is 4.74 Å². The van der Waals surface area contributed by atoms with E-state index in [0.29, 0.717) is 0 Å². The van der Waals surface area contributed by atoms with E-state index in [9.17, 15) is 0 Å². The van der Waals surface area contributed by atoms with Crippen LogP contribution >= 0.6 is 17.0 Å². The molecule has 3 nitrogen and oxygen atoms in total. The molecule has 0 aliphatic carbocycles. The third-order valence-corrected chi connectivity index (χ3v) is 0.204. The van der Waals surface area contributed by atoms with Crippen molar-refractivity contribution in [3.05, 3.63) is 0 Å². The Kier molecular flexibility index (Phi) is 36.2. The van der Waals surface area contributed by atoms with Crippen LogP contribution < -0.4 is 11.9 Å². The molecule has 1 heterocycles. The third-order valence-electron chi connectivity index (χ3n) is 0.204. The van der Waals surface area contributed by atoms with Gasteiger partial charge in [0.1, 0.15) is 0 Å². The van der Waals surface area contributed by atoms with Gasteiger partial charge in [-0.3, -0.25) is 0 Å². The minimum atomic E-state index is 0. The number of hydrogen-bond acceptors (Lipinski definition) is 3. The van der Waals surface area contributed by atoms with E-state index in [4.69, 9.17) is 0 Å². The Morgan fingerprint density at radius 1 is 1.29 bits per heavy atom. The largest absolute Gasteiger partial charge is 0.377 e. The summed E-state index contributed by atoms with van der Waals surface area (Å²) in [5.41, 5.74) is 4.50. The minimum Gasteiger partial charge on any atom is -0.377 e. The number of nitrogens with two attached hydrogens (primary N) is 1. The van der Waals surface area contributed by atoms with Crippen molar-refractivity contribution >= 4 is 17.0 Å². The molecule has 0 aromatic rings. The Hall–Kier alpha value is 0.360. The standard InChI is InChI=1S/C2H4O.CH5N.BrH.H3N/c1-2-3-1;1-2;;/h1-2H2;2H2,1H3;1H;1H3. The van der Waals surface area contributed by atoms with Crippen molar-refractivity contribution in [2.45, 2.75) is 0 Å². The van der Waals surface area contributed by atoms with Crippen LogP contribution in [0.3, 0.4) is 0 Å². The van der Waals surface area contributed by atoms with Crippen LogP contribution in [0, 0.1) is 0 Å². The van der Waals surface area contributed by atoms with Crippen LogP contribution in [-0.4, -0.2) is 20.3 Å². The molecule has 0 atom stereocenters. The molecule has 0 unspecified atom stereocenters. The van der Waals surface area contributed by atoms with E-state index < -0.39 is 0 Å². The number of halogens is 1. The number of ether oxygens (including phenoxy) is 1. The number of rotatable bonds is 0. The van der Waals surface area contributed by atoms with Gasteiger partial charge >= 0.3 is 0 Å². The highest BCUT2D eigenvalue weighted by atomic mass is 79.9. The molecular formula is C3H13BrN2O. The fraction of sp³-hybridized carbons (Fsp3) is 1.00. The highest BCUT2D eigenvalue weighted by Gasteiger charge is 1.94. The molecular weight excluding hydrogens is 160 g/mol. The van der Waals surface area contributed by atoms with Gasteiger partial charge in [-0.25, -0.2) is 0 Å². The predicted molar refractivity (Wildman–Crippen MR) is 36.3 cm³/mol. The summed E-state index contributed by atoms with van der Waals surface area (Å²) in [6.45, 7) is 2.00. The van der Waals surface area contributed by atoms with E-state index in [2.05, 4.69) is 10.5 Å². The quantitative estimate of drug-likeness (QED) is 0.518. The average Bonchev–Trinajstić information content (AvgIpc) is 2.19. The second kappa shape index (κ2) is 16.2. The first-order chi connectivity index (χ1) is 2.50. The summed E-state index contributed by atoms with van der Waals surface area (Å²) in [6.07, 6.45) is 0. The van der Waals surface area contributed by atoms with E-state index in [1.54, 1.807) is 0 Å². The summed E-state index contributed by atoms with van der Waals surface area (Å²) in [7, 11) is 1.50. The van der Waals surface area contributed by atoms with Gasteiger partial charge < -0.3 is 16.6 Å². The Bertz CT molecular complexity index is 17.7. The van der Waals surface area contributed by atoms with Gasteiger partial charge in [-0.1, -0.05) is 0 Å². The van der Waals surface area contributed by atoms with Gasteiger partial charge in [0.2, 0.25) is 0 Å². The number of epoxide rings is 1. The molecule has 0 radical (unpaired) electrons. The summed E-state index contributed by atoms with van der Waals surface area (Å²) in [6, 6.07) is 0. The average molecular weight is 173 g/mol. The van der Waals surface area contributed by atoms with Gasteiger partial charge in [0, 0.05) is 0 Å². The molecule has 0 bridgehead atoms. The molecule has 0 amide bonds. The second-order valence-electron chi connectivity index (χ2n) is 0.612. The molecule has 1 aliphatic heterocycles. The van der Waals surface area contributed by atoms with Crippen molar-refractivity contribution in [2.75, 3.05) is 20.3 Å². The van der Waals surface area contributed by atoms with Gasteiger partial charge in [-0.2, -0.15) is 0 Å². The molecule has 4 heteroatoms. The lowest BCUT2D eigenvalue weighted by molar-refractivity contribution is 0.475. The van der Waals surface area contributed by atoms with Crippen LogP contribution in [0.1, 0.15) is 0 Å². The Morgan fingerprint density at radius 3 is 1.43 bits per heavy atom. The zero-order valence-corrected chi connectivity index (χ0v) is 6.23. The second-order valence-corrected chi connectivity index (χ2v) is 0.612. The maximum absolute atomic E-state index is 4.50. The summed E-state index contributed by atoms with van der Waals surface area (Å²) in [4.78, 5) is 0. The first-order valence-corrected chi connectivity index (χ1v) is 1.65. The van der Waals surface area contributed by atoms with Crippen molar-refractivity contribution in [1.29, 1.82) is 0 Å². The molecule has 5 N–H and O–H groups in total. The van der Waals surface area contributed by atoms with Crippen molar-refractivity contribution in [3.63, 3.8) is 0 Å². The predicted octanol–water partition coefficient (Wildman–Crippen LogP) is 0.331. The zero-order valence-electron chi connectivity index (χ0n) is 4.52. The van der Waals surface area contributed by atoms with Crippen LogP contribution in [0.15, 0.2) is 0 Å². The summed E-state index contributed by atoms with van der Waals surface area (Å²) >= 11 is 0. The molecule has 7 heavy (non-hydrogen) atoms. The molecule has 0 saturated carbocycles. The van der Waals surface area contributed by atoms with E-state index >= 15 is 0 Å². The van der Waals surface area contributed by atoms with Crippen LogP contribution in [0.5, 0.6) is 0 Å². The van der Waals surface area contributed by atoms with E-state index in [0.717, 1.165) is 13.2 Å². The summed E-state index contributed by atoms with van der Waals surface area (Å²) in [5.74, 6) is 0. The molecule has 48 valence electrons. The maximum Gasteiger partial charge on any atom is 0.0701 e. The summed E-state index contributed by atoms with van der Waals surface area (Å²) in [5, 5.41) is 0. The normalized spacial score (nSPS) is 11.1. The molecule has 0 spiro atoms. The highest BCUT2D eigenvalue weighted by molar-refractivity contribution is 8.93. The molecule has 0 aromatic carbocycles. The van der Waals surface area contributed by atoms with E-state index in [-0.39, 0.29) is 23.1 Å². The monoisotopic (exact) mass is 172 g/mol. The SMILES string of the molecule is Br.C1CO1.CN.N. The maximum atomic E-state index is 4.50. The molecule has 1 aliphatic rings. The van der Waals surface area contributed by atoms with Crippen molar-refractivity contribution in [2.24, 2.45) is 5.73 Å². The smallest absolute Gasteiger partial charge is 0.0701 e. The van der Waals surface area contributed by atoms with Crippen molar-refractivity contribution in [1.82, 2.24) is 6.15 Å². The minimum absolute atomic E-state index is 0. The first kappa shape index (κ1) is 15.7. The Morgan fingerprint density at radius 2 is 1.43 bits per heavy atom. The van der Waals surface area contributed by atoms with Gasteiger partial charge in [0.15, 0.2) is 0 Å².